The lowest BCUT2D eigenvalue weighted by Crippen LogP contribution is -2.27. The van der Waals surface area contributed by atoms with Gasteiger partial charge in [-0.05, 0) is 49.6 Å². The van der Waals surface area contributed by atoms with E-state index in [0.717, 1.165) is 30.6 Å². The van der Waals surface area contributed by atoms with Crippen molar-refractivity contribution in [2.75, 3.05) is 5.32 Å². The number of hydrogen-bond donors (Lipinski definition) is 1. The summed E-state index contributed by atoms with van der Waals surface area (Å²) in [7, 11) is 0. The number of nitrogens with zero attached hydrogens (tertiary/aromatic N) is 1. The average molecular weight is 354 g/mol. The van der Waals surface area contributed by atoms with Gasteiger partial charge >= 0.3 is 0 Å². The maximum absolute atomic E-state index is 13.0. The van der Waals surface area contributed by atoms with Crippen LogP contribution in [0.1, 0.15) is 25.3 Å². The Bertz CT molecular complexity index is 1150. The first-order valence-electron chi connectivity index (χ1n) is 9.61. The third kappa shape index (κ3) is 2.46. The van der Waals surface area contributed by atoms with Crippen LogP contribution in [0.3, 0.4) is 0 Å². The molecule has 0 bridgehead atoms. The van der Waals surface area contributed by atoms with Gasteiger partial charge < -0.3 is 9.88 Å². The molecule has 0 unspecified atom stereocenters. The van der Waals surface area contributed by atoms with Crippen LogP contribution in [0.4, 0.5) is 5.69 Å². The molecule has 3 aromatic carbocycles. The van der Waals surface area contributed by atoms with Crippen LogP contribution in [0.5, 0.6) is 0 Å². The Balaban J connectivity index is 1.53. The first-order valence-corrected chi connectivity index (χ1v) is 9.61. The molecular weight excluding hydrogens is 332 g/mol. The van der Waals surface area contributed by atoms with Gasteiger partial charge in [0.15, 0.2) is 0 Å². The summed E-state index contributed by atoms with van der Waals surface area (Å²) in [4.78, 5) is 13.0. The second kappa shape index (κ2) is 5.98. The molecule has 1 aliphatic rings. The first-order chi connectivity index (χ1) is 13.2. The number of nitrogens with one attached hydrogen (secondary N) is 1. The molecule has 1 heterocycles. The van der Waals surface area contributed by atoms with Gasteiger partial charge in [0.25, 0.3) is 0 Å². The summed E-state index contributed by atoms with van der Waals surface area (Å²) in [5.41, 5.74) is 4.08. The van der Waals surface area contributed by atoms with Gasteiger partial charge in [-0.25, -0.2) is 0 Å². The van der Waals surface area contributed by atoms with E-state index in [9.17, 15) is 4.79 Å². The number of benzene rings is 3. The standard InChI is InChI=1S/C24H22N2O/c1-2-26-21-11-7-6-10-19(21)20-16-18(12-13-22(20)26)25-23(27)24(14-15-24)17-8-4-3-5-9-17/h3-13,16H,2,14-15H2,1H3,(H,25,27). The number of hydrogen-bond acceptors (Lipinski definition) is 1. The highest BCUT2D eigenvalue weighted by Crippen LogP contribution is 2.49. The van der Waals surface area contributed by atoms with E-state index in [0.29, 0.717) is 0 Å². The summed E-state index contributed by atoms with van der Waals surface area (Å²) in [6.45, 7) is 3.09. The number of anilines is 1. The topological polar surface area (TPSA) is 34.0 Å². The van der Waals surface area contributed by atoms with Crippen LogP contribution in [0.15, 0.2) is 72.8 Å². The van der Waals surface area contributed by atoms with Crippen molar-refractivity contribution in [2.45, 2.75) is 31.7 Å². The summed E-state index contributed by atoms with van der Waals surface area (Å²) in [6, 6.07) is 24.8. The smallest absolute Gasteiger partial charge is 0.235 e. The molecule has 1 N–H and O–H groups in total. The second-order valence-corrected chi connectivity index (χ2v) is 7.40. The average Bonchev–Trinajstić information content (AvgIpc) is 3.47. The van der Waals surface area contributed by atoms with Crippen LogP contribution in [0.25, 0.3) is 21.8 Å². The number of carbonyl (C=O) groups excluding carboxylic acids is 1. The Morgan fingerprint density at radius 3 is 2.37 bits per heavy atom. The lowest BCUT2D eigenvalue weighted by molar-refractivity contribution is -0.118. The molecule has 27 heavy (non-hydrogen) atoms. The molecule has 1 fully saturated rings. The Morgan fingerprint density at radius 1 is 0.926 bits per heavy atom. The van der Waals surface area contributed by atoms with Gasteiger partial charge in [0.05, 0.1) is 5.41 Å². The quantitative estimate of drug-likeness (QED) is 0.517. The van der Waals surface area contributed by atoms with Crippen molar-refractivity contribution in [1.29, 1.82) is 0 Å². The number of amides is 1. The SMILES string of the molecule is CCn1c2ccccc2c2cc(NC(=O)C3(c4ccccc4)CC3)ccc21. The van der Waals surface area contributed by atoms with Gasteiger partial charge in [0, 0.05) is 34.0 Å². The van der Waals surface area contributed by atoms with Crippen LogP contribution >= 0.6 is 0 Å². The molecule has 5 rings (SSSR count). The van der Waals surface area contributed by atoms with Gasteiger partial charge in [-0.3, -0.25) is 4.79 Å². The molecule has 0 saturated heterocycles. The fourth-order valence-corrected chi connectivity index (χ4v) is 4.25. The van der Waals surface area contributed by atoms with Crippen LogP contribution in [-0.4, -0.2) is 10.5 Å². The molecule has 3 heteroatoms. The predicted molar refractivity (Wildman–Crippen MR) is 111 cm³/mol. The Labute approximate surface area is 158 Å². The van der Waals surface area contributed by atoms with Gasteiger partial charge in [0.1, 0.15) is 0 Å². The van der Waals surface area contributed by atoms with E-state index < -0.39 is 0 Å². The van der Waals surface area contributed by atoms with Crippen LogP contribution < -0.4 is 5.32 Å². The number of para-hydroxylation sites is 1. The van der Waals surface area contributed by atoms with E-state index in [1.807, 2.05) is 24.3 Å². The van der Waals surface area contributed by atoms with Crippen LogP contribution in [0.2, 0.25) is 0 Å². The van der Waals surface area contributed by atoms with Crippen molar-refractivity contribution in [1.82, 2.24) is 4.57 Å². The maximum atomic E-state index is 13.0. The normalized spacial score (nSPS) is 15.1. The summed E-state index contributed by atoms with van der Waals surface area (Å²) in [5, 5.41) is 5.60. The fourth-order valence-electron chi connectivity index (χ4n) is 4.25. The highest BCUT2D eigenvalue weighted by atomic mass is 16.2. The van der Waals surface area contributed by atoms with Crippen molar-refractivity contribution in [3.8, 4) is 0 Å². The molecule has 1 aliphatic carbocycles. The molecule has 0 radical (unpaired) electrons. The monoisotopic (exact) mass is 354 g/mol. The minimum absolute atomic E-state index is 0.104. The van der Waals surface area contributed by atoms with Crippen molar-refractivity contribution in [3.05, 3.63) is 78.4 Å². The summed E-state index contributed by atoms with van der Waals surface area (Å²) in [5.74, 6) is 0.104. The highest BCUT2D eigenvalue weighted by molar-refractivity contribution is 6.10. The van der Waals surface area contributed by atoms with E-state index in [2.05, 4.69) is 65.3 Å². The first kappa shape index (κ1) is 16.1. The summed E-state index contributed by atoms with van der Waals surface area (Å²) in [6.07, 6.45) is 1.83. The van der Waals surface area contributed by atoms with E-state index in [4.69, 9.17) is 0 Å². The van der Waals surface area contributed by atoms with Crippen LogP contribution in [-0.2, 0) is 16.8 Å². The van der Waals surface area contributed by atoms with Crippen molar-refractivity contribution >= 4 is 33.4 Å². The number of fused-ring (bicyclic) bond motifs is 3. The molecule has 134 valence electrons. The molecule has 0 spiro atoms. The lowest BCUT2D eigenvalue weighted by Gasteiger charge is -2.16. The van der Waals surface area contributed by atoms with E-state index in [1.165, 1.54) is 21.8 Å². The lowest BCUT2D eigenvalue weighted by atomic mass is 9.95. The molecule has 0 aliphatic heterocycles. The molecule has 0 atom stereocenters. The van der Waals surface area contributed by atoms with Crippen molar-refractivity contribution in [3.63, 3.8) is 0 Å². The third-order valence-corrected chi connectivity index (χ3v) is 5.86. The Kier molecular flexibility index (Phi) is 3.57. The number of carbonyl (C=O) groups is 1. The molecule has 4 aromatic rings. The Hall–Kier alpha value is -3.07. The second-order valence-electron chi connectivity index (χ2n) is 7.40. The van der Waals surface area contributed by atoms with Gasteiger partial charge in [0.2, 0.25) is 5.91 Å². The number of rotatable bonds is 4. The Morgan fingerprint density at radius 2 is 1.63 bits per heavy atom. The zero-order valence-electron chi connectivity index (χ0n) is 15.4. The zero-order chi connectivity index (χ0) is 18.4. The molecule has 3 nitrogen and oxygen atoms in total. The van der Waals surface area contributed by atoms with Gasteiger partial charge in [-0.15, -0.1) is 0 Å². The summed E-state index contributed by atoms with van der Waals surface area (Å²) >= 11 is 0. The minimum Gasteiger partial charge on any atom is -0.341 e. The molecule has 1 saturated carbocycles. The van der Waals surface area contributed by atoms with Crippen LogP contribution in [0, 0.1) is 0 Å². The van der Waals surface area contributed by atoms with E-state index in [1.54, 1.807) is 0 Å². The molecule has 1 aromatic heterocycles. The van der Waals surface area contributed by atoms with Crippen molar-refractivity contribution in [2.24, 2.45) is 0 Å². The zero-order valence-corrected chi connectivity index (χ0v) is 15.4. The maximum Gasteiger partial charge on any atom is 0.235 e. The number of aromatic nitrogens is 1. The third-order valence-electron chi connectivity index (χ3n) is 5.86. The molecular formula is C24H22N2O. The minimum atomic E-state index is -0.354. The predicted octanol–water partition coefficient (Wildman–Crippen LogP) is 5.48. The van der Waals surface area contributed by atoms with E-state index in [-0.39, 0.29) is 11.3 Å². The van der Waals surface area contributed by atoms with Gasteiger partial charge in [-0.2, -0.15) is 0 Å². The van der Waals surface area contributed by atoms with Crippen molar-refractivity contribution < 1.29 is 4.79 Å². The molecule has 1 amide bonds. The highest BCUT2D eigenvalue weighted by Gasteiger charge is 2.51. The largest absolute Gasteiger partial charge is 0.341 e. The summed E-state index contributed by atoms with van der Waals surface area (Å²) < 4.78 is 2.32. The van der Waals surface area contributed by atoms with Gasteiger partial charge in [-0.1, -0.05) is 48.5 Å². The van der Waals surface area contributed by atoms with E-state index >= 15 is 0 Å². The number of aryl methyl sites for hydroxylation is 1. The fraction of sp³-hybridized carbons (Fsp3) is 0.208.